The highest BCUT2D eigenvalue weighted by atomic mass is 16.6. The number of hydrazine groups is 1. The summed E-state index contributed by atoms with van der Waals surface area (Å²) in [4.78, 5) is 48.3. The molecular weight excluding hydrogens is 382 g/mol. The summed E-state index contributed by atoms with van der Waals surface area (Å²) in [6, 6.07) is -0.965. The van der Waals surface area contributed by atoms with E-state index in [-0.39, 0.29) is 24.4 Å². The number of hydrogen-bond donors (Lipinski definition) is 3. The van der Waals surface area contributed by atoms with Gasteiger partial charge < -0.3 is 20.3 Å². The number of carboxylic acid groups (broad SMARTS) is 2. The Morgan fingerprint density at radius 2 is 1.72 bits per heavy atom. The molecule has 158 valence electrons. The molecular formula is C19H25N3O7. The lowest BCUT2D eigenvalue weighted by Gasteiger charge is -2.24. The van der Waals surface area contributed by atoms with E-state index < -0.39 is 47.4 Å². The number of amides is 2. The van der Waals surface area contributed by atoms with Crippen LogP contribution >= 0.6 is 0 Å². The van der Waals surface area contributed by atoms with Crippen molar-refractivity contribution in [2.75, 3.05) is 13.1 Å². The standard InChI is InChI=1S/C19H25N3O7/c1-6-10(16(24)25)12-8-21-9-13(20-18(28)29-19(3,4)5)15(23)22(21)14(12)11(7-2)17(26)27/h6-7,10-11,13H,1-2,8-9H2,3-5H3,(H,20,28)(H,24,25)(H,26,27)/t10?,11?,13-/m0/s1. The molecule has 2 heterocycles. The molecule has 29 heavy (non-hydrogen) atoms. The Bertz CT molecular complexity index is 796. The predicted molar refractivity (Wildman–Crippen MR) is 101 cm³/mol. The predicted octanol–water partition coefficient (Wildman–Crippen LogP) is 0.980. The maximum Gasteiger partial charge on any atom is 0.408 e. The van der Waals surface area contributed by atoms with Gasteiger partial charge in [-0.2, -0.15) is 0 Å². The van der Waals surface area contributed by atoms with Gasteiger partial charge >= 0.3 is 18.0 Å². The van der Waals surface area contributed by atoms with Crippen molar-refractivity contribution in [1.29, 1.82) is 0 Å². The summed E-state index contributed by atoms with van der Waals surface area (Å²) in [5.74, 6) is -5.54. The van der Waals surface area contributed by atoms with Gasteiger partial charge in [0.2, 0.25) is 0 Å². The van der Waals surface area contributed by atoms with Crippen molar-refractivity contribution in [3.05, 3.63) is 36.6 Å². The summed E-state index contributed by atoms with van der Waals surface area (Å²) in [5, 5.41) is 24.1. The first-order valence-corrected chi connectivity index (χ1v) is 8.93. The molecule has 10 heteroatoms. The number of nitrogens with zero attached hydrogens (tertiary/aromatic N) is 2. The molecule has 0 saturated carbocycles. The fraction of sp³-hybridized carbons (Fsp3) is 0.474. The summed E-state index contributed by atoms with van der Waals surface area (Å²) in [5.41, 5.74) is -0.502. The fourth-order valence-electron chi connectivity index (χ4n) is 3.35. The largest absolute Gasteiger partial charge is 0.481 e. The average molecular weight is 407 g/mol. The first-order chi connectivity index (χ1) is 13.4. The summed E-state index contributed by atoms with van der Waals surface area (Å²) >= 11 is 0. The molecule has 0 aromatic heterocycles. The number of alkyl carbamates (subject to hydrolysis) is 1. The third-order valence-corrected chi connectivity index (χ3v) is 4.46. The molecule has 3 N–H and O–H groups in total. The van der Waals surface area contributed by atoms with Crippen LogP contribution in [0.5, 0.6) is 0 Å². The van der Waals surface area contributed by atoms with Crippen LogP contribution in [0.1, 0.15) is 20.8 Å². The molecule has 3 atom stereocenters. The third kappa shape index (κ3) is 4.48. The van der Waals surface area contributed by atoms with Crippen LogP contribution in [0, 0.1) is 11.8 Å². The van der Waals surface area contributed by atoms with Gasteiger partial charge in [0.15, 0.2) is 0 Å². The minimum atomic E-state index is -1.30. The monoisotopic (exact) mass is 407 g/mol. The Hall–Kier alpha value is -3.14. The molecule has 0 radical (unpaired) electrons. The van der Waals surface area contributed by atoms with E-state index in [1.807, 2.05) is 0 Å². The van der Waals surface area contributed by atoms with Crippen LogP contribution in [-0.2, 0) is 19.1 Å². The second-order valence-electron chi connectivity index (χ2n) is 7.71. The molecule has 1 fully saturated rings. The Kier molecular flexibility index (Phi) is 6.17. The second-order valence-corrected chi connectivity index (χ2v) is 7.71. The molecule has 0 spiro atoms. The van der Waals surface area contributed by atoms with Crippen LogP contribution < -0.4 is 5.32 Å². The van der Waals surface area contributed by atoms with Crippen LogP contribution in [0.2, 0.25) is 0 Å². The molecule has 10 nitrogen and oxygen atoms in total. The van der Waals surface area contributed by atoms with Crippen molar-refractivity contribution in [3.8, 4) is 0 Å². The molecule has 2 rings (SSSR count). The summed E-state index contributed by atoms with van der Waals surface area (Å²) in [7, 11) is 0. The number of hydrogen-bond acceptors (Lipinski definition) is 6. The van der Waals surface area contributed by atoms with Crippen LogP contribution in [0.3, 0.4) is 0 Å². The van der Waals surface area contributed by atoms with E-state index in [2.05, 4.69) is 18.5 Å². The van der Waals surface area contributed by atoms with Gasteiger partial charge in [0.1, 0.15) is 17.6 Å². The quantitative estimate of drug-likeness (QED) is 0.531. The first-order valence-electron chi connectivity index (χ1n) is 8.93. The van der Waals surface area contributed by atoms with Crippen molar-refractivity contribution >= 4 is 23.9 Å². The molecule has 0 bridgehead atoms. The number of carbonyl (C=O) groups is 4. The molecule has 2 aliphatic rings. The van der Waals surface area contributed by atoms with Crippen molar-refractivity contribution in [2.45, 2.75) is 32.4 Å². The number of ether oxygens (including phenoxy) is 1. The Morgan fingerprint density at radius 3 is 2.17 bits per heavy atom. The fourth-order valence-corrected chi connectivity index (χ4v) is 3.35. The zero-order valence-corrected chi connectivity index (χ0v) is 16.5. The van der Waals surface area contributed by atoms with Crippen molar-refractivity contribution in [2.24, 2.45) is 11.8 Å². The lowest BCUT2D eigenvalue weighted by Crippen LogP contribution is -2.45. The van der Waals surface area contributed by atoms with Gasteiger partial charge in [-0.3, -0.25) is 14.4 Å². The number of aliphatic carboxylic acids is 2. The van der Waals surface area contributed by atoms with Crippen molar-refractivity contribution in [3.63, 3.8) is 0 Å². The zero-order valence-electron chi connectivity index (χ0n) is 16.5. The molecule has 0 aromatic carbocycles. The highest BCUT2D eigenvalue weighted by Crippen LogP contribution is 2.38. The van der Waals surface area contributed by atoms with Gasteiger partial charge in [-0.1, -0.05) is 12.2 Å². The molecule has 0 aromatic rings. The van der Waals surface area contributed by atoms with Gasteiger partial charge in [0, 0.05) is 13.1 Å². The van der Waals surface area contributed by atoms with E-state index in [0.717, 1.165) is 11.1 Å². The Labute approximate surface area is 168 Å². The highest BCUT2D eigenvalue weighted by molar-refractivity contribution is 5.91. The Balaban J connectivity index is 2.38. The summed E-state index contributed by atoms with van der Waals surface area (Å²) in [6.45, 7) is 12.1. The van der Waals surface area contributed by atoms with E-state index in [1.54, 1.807) is 20.8 Å². The summed E-state index contributed by atoms with van der Waals surface area (Å²) < 4.78 is 5.16. The van der Waals surface area contributed by atoms with E-state index in [9.17, 15) is 29.4 Å². The van der Waals surface area contributed by atoms with Gasteiger partial charge in [-0.25, -0.2) is 14.8 Å². The average Bonchev–Trinajstić information content (AvgIpc) is 3.05. The van der Waals surface area contributed by atoms with Crippen LogP contribution in [0.4, 0.5) is 4.79 Å². The molecule has 2 unspecified atom stereocenters. The maximum atomic E-state index is 12.9. The molecule has 2 amide bonds. The molecule has 1 saturated heterocycles. The topological polar surface area (TPSA) is 136 Å². The lowest BCUT2D eigenvalue weighted by molar-refractivity contribution is -0.142. The number of carbonyl (C=O) groups excluding carboxylic acids is 2. The van der Waals surface area contributed by atoms with E-state index in [1.165, 1.54) is 11.1 Å². The smallest absolute Gasteiger partial charge is 0.408 e. The van der Waals surface area contributed by atoms with Crippen LogP contribution in [0.25, 0.3) is 0 Å². The minimum Gasteiger partial charge on any atom is -0.481 e. The van der Waals surface area contributed by atoms with Gasteiger partial charge in [0.05, 0.1) is 11.6 Å². The van der Waals surface area contributed by atoms with Crippen LogP contribution in [-0.4, -0.2) is 68.9 Å². The van der Waals surface area contributed by atoms with Gasteiger partial charge in [0.25, 0.3) is 5.91 Å². The number of carboxylic acids is 2. The summed E-state index contributed by atoms with van der Waals surface area (Å²) in [6.07, 6.45) is 1.53. The van der Waals surface area contributed by atoms with E-state index in [4.69, 9.17) is 4.74 Å². The molecule has 2 aliphatic heterocycles. The first kappa shape index (κ1) is 22.2. The number of nitrogens with one attached hydrogen (secondary N) is 1. The minimum absolute atomic E-state index is 0.00811. The van der Waals surface area contributed by atoms with E-state index >= 15 is 0 Å². The third-order valence-electron chi connectivity index (χ3n) is 4.46. The normalized spacial score (nSPS) is 21.4. The van der Waals surface area contributed by atoms with E-state index in [0.29, 0.717) is 0 Å². The Morgan fingerprint density at radius 1 is 1.17 bits per heavy atom. The second kappa shape index (κ2) is 8.08. The number of fused-ring (bicyclic) bond motifs is 1. The van der Waals surface area contributed by atoms with Gasteiger partial charge in [-0.05, 0) is 26.3 Å². The zero-order chi connectivity index (χ0) is 22.1. The number of rotatable bonds is 7. The SMILES string of the molecule is C=CC(C(=O)O)C1=C(C(C=C)C(=O)O)N2C(=O)[C@@H](NC(=O)OC(C)(C)C)CN2C1. The lowest BCUT2D eigenvalue weighted by atomic mass is 9.91. The molecule has 0 aliphatic carbocycles. The highest BCUT2D eigenvalue weighted by Gasteiger charge is 2.50. The van der Waals surface area contributed by atoms with Crippen molar-refractivity contribution < 1.29 is 34.1 Å². The van der Waals surface area contributed by atoms with Crippen molar-refractivity contribution in [1.82, 2.24) is 15.3 Å². The van der Waals surface area contributed by atoms with Gasteiger partial charge in [-0.15, -0.1) is 13.2 Å². The maximum absolute atomic E-state index is 12.9. The van der Waals surface area contributed by atoms with Crippen LogP contribution in [0.15, 0.2) is 36.6 Å².